The Morgan fingerprint density at radius 3 is 2.36 bits per heavy atom. The molecule has 3 aliphatic rings. The van der Waals surface area contributed by atoms with E-state index < -0.39 is 46.6 Å². The van der Waals surface area contributed by atoms with E-state index in [-0.39, 0.29) is 42.3 Å². The van der Waals surface area contributed by atoms with Crippen molar-refractivity contribution >= 4 is 17.8 Å². The van der Waals surface area contributed by atoms with Crippen molar-refractivity contribution in [3.8, 4) is 0 Å². The third kappa shape index (κ3) is 4.80. The minimum Gasteiger partial charge on any atom is -0.466 e. The van der Waals surface area contributed by atoms with Gasteiger partial charge in [-0.15, -0.1) is 0 Å². The van der Waals surface area contributed by atoms with Crippen LogP contribution in [-0.2, 0) is 23.9 Å². The second kappa shape index (κ2) is 9.57. The minimum atomic E-state index is -1.14. The summed E-state index contributed by atoms with van der Waals surface area (Å²) >= 11 is 0. The molecule has 0 radical (unpaired) electrons. The number of hydrogen-bond donors (Lipinski definition) is 2. The second-order valence-corrected chi connectivity index (χ2v) is 13.8. The molecule has 0 saturated carbocycles. The molecule has 2 N–H and O–H groups in total. The molecule has 206 valence electrons. The maximum Gasteiger partial charge on any atom is 0.312 e. The van der Waals surface area contributed by atoms with Crippen molar-refractivity contribution < 1.29 is 29.0 Å². The lowest BCUT2D eigenvalue weighted by Gasteiger charge is -2.40. The summed E-state index contributed by atoms with van der Waals surface area (Å²) < 4.78 is 12.1. The van der Waals surface area contributed by atoms with E-state index in [0.29, 0.717) is 12.8 Å². The molecular weight excluding hydrogens is 460 g/mol. The molecule has 3 heterocycles. The van der Waals surface area contributed by atoms with Crippen LogP contribution < -0.4 is 5.32 Å². The van der Waals surface area contributed by atoms with Gasteiger partial charge in [-0.05, 0) is 64.2 Å². The van der Waals surface area contributed by atoms with Crippen LogP contribution in [0.25, 0.3) is 0 Å². The maximum atomic E-state index is 14.2. The highest BCUT2D eigenvalue weighted by atomic mass is 16.6. The molecule has 3 aliphatic heterocycles. The Balaban J connectivity index is 2.11. The number of likely N-dealkylation sites (tertiary alicyclic amines) is 1. The number of amides is 2. The molecule has 7 atom stereocenters. The number of hydrogen-bond acceptors (Lipinski definition) is 6. The zero-order chi connectivity index (χ0) is 27.4. The van der Waals surface area contributed by atoms with Crippen molar-refractivity contribution in [2.45, 2.75) is 117 Å². The number of fused-ring (bicyclic) bond motifs is 1. The molecule has 2 amide bonds. The van der Waals surface area contributed by atoms with Crippen LogP contribution in [0.2, 0.25) is 0 Å². The number of carbonyl (C=O) groups is 3. The number of nitrogens with one attached hydrogen (secondary N) is 1. The Bertz CT molecular complexity index is 880. The van der Waals surface area contributed by atoms with E-state index in [1.54, 1.807) is 11.8 Å². The van der Waals surface area contributed by atoms with Gasteiger partial charge in [0.1, 0.15) is 17.6 Å². The zero-order valence-corrected chi connectivity index (χ0v) is 23.9. The predicted octanol–water partition coefficient (Wildman–Crippen LogP) is 3.30. The molecule has 8 nitrogen and oxygen atoms in total. The zero-order valence-electron chi connectivity index (χ0n) is 23.9. The van der Waals surface area contributed by atoms with E-state index in [2.05, 4.69) is 26.1 Å². The molecule has 3 saturated heterocycles. The van der Waals surface area contributed by atoms with Crippen LogP contribution in [0.5, 0.6) is 0 Å². The first-order valence-electron chi connectivity index (χ1n) is 13.6. The fourth-order valence-electron chi connectivity index (χ4n) is 7.55. The maximum absolute atomic E-state index is 14.2. The van der Waals surface area contributed by atoms with Gasteiger partial charge in [0.15, 0.2) is 0 Å². The molecular formula is C28H48N2O6. The summed E-state index contributed by atoms with van der Waals surface area (Å²) in [4.78, 5) is 43.1. The molecule has 8 heteroatoms. The number of ether oxygens (including phenoxy) is 2. The fraction of sp³-hybridized carbons (Fsp3) is 0.893. The van der Waals surface area contributed by atoms with Gasteiger partial charge in [-0.3, -0.25) is 14.4 Å². The van der Waals surface area contributed by atoms with E-state index in [0.717, 1.165) is 6.42 Å². The number of rotatable bonds is 9. The molecule has 0 aliphatic carbocycles. The summed E-state index contributed by atoms with van der Waals surface area (Å²) in [6.07, 6.45) is 1.76. The standard InChI is InChI=1S/C28H48N2O6/c1-11-35-24(34)20-19-23(33)30(18(14-31)12-16(2)3)21(28(19)13-17(4)27(20,10)36-28)22(32)29-26(8,9)15-25(5,6)7/h16-21,31H,11-15H2,1-10H3,(H,29,32)/t17?,18-,19+,20+,21?,27-,28?/m1/s1. The highest BCUT2D eigenvalue weighted by Crippen LogP contribution is 2.65. The Labute approximate surface area is 216 Å². The lowest BCUT2D eigenvalue weighted by Crippen LogP contribution is -2.61. The van der Waals surface area contributed by atoms with Crippen molar-refractivity contribution in [1.29, 1.82) is 0 Å². The first-order chi connectivity index (χ1) is 16.4. The topological polar surface area (TPSA) is 105 Å². The quantitative estimate of drug-likeness (QED) is 0.463. The highest BCUT2D eigenvalue weighted by Gasteiger charge is 2.80. The van der Waals surface area contributed by atoms with Crippen LogP contribution in [0.4, 0.5) is 0 Å². The largest absolute Gasteiger partial charge is 0.466 e. The van der Waals surface area contributed by atoms with Gasteiger partial charge in [0.2, 0.25) is 11.8 Å². The Hall–Kier alpha value is -1.67. The lowest BCUT2D eigenvalue weighted by atomic mass is 9.62. The minimum absolute atomic E-state index is 0.0205. The van der Waals surface area contributed by atoms with E-state index in [9.17, 15) is 19.5 Å². The third-order valence-corrected chi connectivity index (χ3v) is 8.32. The van der Waals surface area contributed by atoms with Gasteiger partial charge in [-0.2, -0.15) is 0 Å². The van der Waals surface area contributed by atoms with Gasteiger partial charge in [-0.25, -0.2) is 0 Å². The molecule has 3 rings (SSSR count). The summed E-state index contributed by atoms with van der Waals surface area (Å²) in [5.41, 5.74) is -2.59. The number of nitrogens with zero attached hydrogens (tertiary/aromatic N) is 1. The Morgan fingerprint density at radius 2 is 1.86 bits per heavy atom. The molecule has 0 aromatic heterocycles. The summed E-state index contributed by atoms with van der Waals surface area (Å²) in [6.45, 7) is 20.0. The summed E-state index contributed by atoms with van der Waals surface area (Å²) in [7, 11) is 0. The van der Waals surface area contributed by atoms with Crippen molar-refractivity contribution in [2.75, 3.05) is 13.2 Å². The van der Waals surface area contributed by atoms with E-state index in [1.807, 2.05) is 41.5 Å². The van der Waals surface area contributed by atoms with Gasteiger partial charge in [0.05, 0.1) is 30.8 Å². The van der Waals surface area contributed by atoms with Gasteiger partial charge in [0.25, 0.3) is 0 Å². The average molecular weight is 509 g/mol. The number of carbonyl (C=O) groups excluding carboxylic acids is 3. The smallest absolute Gasteiger partial charge is 0.312 e. The normalized spacial score (nSPS) is 34.8. The van der Waals surface area contributed by atoms with Crippen molar-refractivity contribution in [2.24, 2.45) is 29.1 Å². The predicted molar refractivity (Wildman–Crippen MR) is 137 cm³/mol. The summed E-state index contributed by atoms with van der Waals surface area (Å²) in [6, 6.07) is -1.48. The molecule has 3 unspecified atom stereocenters. The van der Waals surface area contributed by atoms with E-state index >= 15 is 0 Å². The first kappa shape index (κ1) is 28.9. The Kier molecular flexibility index (Phi) is 7.68. The molecule has 3 fully saturated rings. The Morgan fingerprint density at radius 1 is 1.25 bits per heavy atom. The number of aliphatic hydroxyl groups is 1. The average Bonchev–Trinajstić information content (AvgIpc) is 3.21. The van der Waals surface area contributed by atoms with Gasteiger partial charge < -0.3 is 24.8 Å². The monoisotopic (exact) mass is 508 g/mol. The molecule has 0 aromatic carbocycles. The van der Waals surface area contributed by atoms with Crippen molar-refractivity contribution in [3.63, 3.8) is 0 Å². The molecule has 0 aromatic rings. The number of esters is 1. The summed E-state index contributed by atoms with van der Waals surface area (Å²) in [5.74, 6) is -2.50. The van der Waals surface area contributed by atoms with Crippen LogP contribution in [0.3, 0.4) is 0 Å². The van der Waals surface area contributed by atoms with Crippen LogP contribution in [-0.4, -0.2) is 69.8 Å². The fourth-order valence-corrected chi connectivity index (χ4v) is 7.55. The van der Waals surface area contributed by atoms with E-state index in [4.69, 9.17) is 9.47 Å². The molecule has 1 spiro atoms. The van der Waals surface area contributed by atoms with Crippen molar-refractivity contribution in [1.82, 2.24) is 10.2 Å². The van der Waals surface area contributed by atoms with Gasteiger partial charge in [0, 0.05) is 5.54 Å². The van der Waals surface area contributed by atoms with Crippen LogP contribution >= 0.6 is 0 Å². The van der Waals surface area contributed by atoms with E-state index in [1.165, 1.54) is 0 Å². The summed E-state index contributed by atoms with van der Waals surface area (Å²) in [5, 5.41) is 13.6. The third-order valence-electron chi connectivity index (χ3n) is 8.32. The first-order valence-corrected chi connectivity index (χ1v) is 13.6. The second-order valence-electron chi connectivity index (χ2n) is 13.8. The highest BCUT2D eigenvalue weighted by molar-refractivity contribution is 5.99. The molecule has 36 heavy (non-hydrogen) atoms. The van der Waals surface area contributed by atoms with Crippen LogP contribution in [0.1, 0.15) is 88.5 Å². The van der Waals surface area contributed by atoms with Crippen molar-refractivity contribution in [3.05, 3.63) is 0 Å². The lowest BCUT2D eigenvalue weighted by molar-refractivity contribution is -0.162. The molecule has 2 bridgehead atoms. The SMILES string of the molecule is CCOC(=O)[C@@H]1[C@H]2C(=O)N([C@@H](CO)CC(C)C)C(C(=O)NC(C)(C)CC(C)(C)C)C23CC(C)[C@@]1(C)O3. The van der Waals surface area contributed by atoms with Gasteiger partial charge in [-0.1, -0.05) is 41.5 Å². The van der Waals surface area contributed by atoms with Crippen LogP contribution in [0.15, 0.2) is 0 Å². The van der Waals surface area contributed by atoms with Crippen LogP contribution in [0, 0.1) is 29.1 Å². The number of aliphatic hydroxyl groups excluding tert-OH is 1. The van der Waals surface area contributed by atoms with Gasteiger partial charge >= 0.3 is 5.97 Å².